The van der Waals surface area contributed by atoms with E-state index in [4.69, 9.17) is 0 Å². The Morgan fingerprint density at radius 2 is 1.81 bits per heavy atom. The Balaban J connectivity index is 1.49. The standard InChI is InChI=1S/C22H23N3OS/c1-17-13-20(15-23-14-17)22(26)25-10-8-24(9-11-25)21(19-7-12-27-16-19)18-5-3-2-4-6-18/h2-7,12-16,21H,8-11H2,1H3. The van der Waals surface area contributed by atoms with Crippen molar-refractivity contribution in [2.45, 2.75) is 13.0 Å². The number of hydrogen-bond acceptors (Lipinski definition) is 4. The molecule has 3 aromatic rings. The van der Waals surface area contributed by atoms with E-state index >= 15 is 0 Å². The summed E-state index contributed by atoms with van der Waals surface area (Å²) < 4.78 is 0. The number of pyridine rings is 1. The van der Waals surface area contributed by atoms with E-state index in [1.807, 2.05) is 17.9 Å². The lowest BCUT2D eigenvalue weighted by molar-refractivity contribution is 0.0597. The van der Waals surface area contributed by atoms with Crippen LogP contribution >= 0.6 is 11.3 Å². The molecule has 2 aromatic heterocycles. The molecule has 0 aliphatic carbocycles. The Labute approximate surface area is 164 Å². The van der Waals surface area contributed by atoms with E-state index in [-0.39, 0.29) is 11.9 Å². The molecular formula is C22H23N3OS. The van der Waals surface area contributed by atoms with Crippen LogP contribution in [0.4, 0.5) is 0 Å². The van der Waals surface area contributed by atoms with Gasteiger partial charge in [-0.15, -0.1) is 0 Å². The minimum absolute atomic E-state index is 0.0812. The summed E-state index contributed by atoms with van der Waals surface area (Å²) in [5.41, 5.74) is 4.33. The summed E-state index contributed by atoms with van der Waals surface area (Å²) in [6.45, 7) is 5.16. The van der Waals surface area contributed by atoms with Gasteiger partial charge >= 0.3 is 0 Å². The van der Waals surface area contributed by atoms with Crippen LogP contribution in [-0.2, 0) is 0 Å². The van der Waals surface area contributed by atoms with Crippen molar-refractivity contribution in [2.75, 3.05) is 26.2 Å². The Kier molecular flexibility index (Phi) is 5.32. The number of benzene rings is 1. The van der Waals surface area contributed by atoms with Crippen LogP contribution in [-0.4, -0.2) is 46.9 Å². The average Bonchev–Trinajstić information content (AvgIpc) is 3.23. The zero-order valence-electron chi connectivity index (χ0n) is 15.4. The molecule has 0 N–H and O–H groups in total. The molecule has 1 amide bonds. The number of carbonyl (C=O) groups is 1. The molecule has 5 heteroatoms. The Morgan fingerprint density at radius 1 is 1.04 bits per heavy atom. The van der Waals surface area contributed by atoms with Gasteiger partial charge in [-0.1, -0.05) is 30.3 Å². The molecule has 3 heterocycles. The Morgan fingerprint density at radius 3 is 2.48 bits per heavy atom. The van der Waals surface area contributed by atoms with E-state index in [0.717, 1.165) is 31.7 Å². The molecule has 1 aliphatic heterocycles. The molecule has 27 heavy (non-hydrogen) atoms. The number of aryl methyl sites for hydroxylation is 1. The fourth-order valence-electron chi connectivity index (χ4n) is 3.72. The Hall–Kier alpha value is -2.50. The van der Waals surface area contributed by atoms with Crippen molar-refractivity contribution in [3.05, 3.63) is 87.9 Å². The molecule has 1 saturated heterocycles. The fraction of sp³-hybridized carbons (Fsp3) is 0.273. The molecule has 0 bridgehead atoms. The van der Waals surface area contributed by atoms with Crippen LogP contribution in [0.25, 0.3) is 0 Å². The van der Waals surface area contributed by atoms with Crippen molar-refractivity contribution in [3.8, 4) is 0 Å². The van der Waals surface area contributed by atoms with Gasteiger partial charge in [0.05, 0.1) is 11.6 Å². The molecule has 1 atom stereocenters. The highest BCUT2D eigenvalue weighted by molar-refractivity contribution is 7.08. The van der Waals surface area contributed by atoms with Crippen molar-refractivity contribution in [3.63, 3.8) is 0 Å². The number of nitrogens with zero attached hydrogens (tertiary/aromatic N) is 3. The first-order valence-electron chi connectivity index (χ1n) is 9.24. The predicted octanol–water partition coefficient (Wildman–Crippen LogP) is 4.00. The van der Waals surface area contributed by atoms with Crippen LogP contribution in [0.2, 0.25) is 0 Å². The van der Waals surface area contributed by atoms with E-state index in [0.29, 0.717) is 5.56 Å². The third-order valence-electron chi connectivity index (χ3n) is 5.06. The summed E-state index contributed by atoms with van der Waals surface area (Å²) in [7, 11) is 0. The zero-order chi connectivity index (χ0) is 18.6. The maximum atomic E-state index is 12.8. The Bertz CT molecular complexity index is 887. The molecule has 1 fully saturated rings. The van der Waals surface area contributed by atoms with Crippen LogP contribution in [0.15, 0.2) is 65.6 Å². The first-order valence-corrected chi connectivity index (χ1v) is 10.2. The number of amides is 1. The van der Waals surface area contributed by atoms with Crippen LogP contribution in [0, 0.1) is 6.92 Å². The van der Waals surface area contributed by atoms with Crippen LogP contribution in [0.1, 0.15) is 33.1 Å². The number of piperazine rings is 1. The largest absolute Gasteiger partial charge is 0.336 e. The lowest BCUT2D eigenvalue weighted by Gasteiger charge is -2.39. The first-order chi connectivity index (χ1) is 13.2. The van der Waals surface area contributed by atoms with E-state index in [1.165, 1.54) is 11.1 Å². The number of thiophene rings is 1. The zero-order valence-corrected chi connectivity index (χ0v) is 16.2. The second-order valence-corrected chi connectivity index (χ2v) is 7.73. The number of hydrogen-bond donors (Lipinski definition) is 0. The summed E-state index contributed by atoms with van der Waals surface area (Å²) in [4.78, 5) is 21.4. The third kappa shape index (κ3) is 3.94. The molecule has 1 unspecified atom stereocenters. The summed E-state index contributed by atoms with van der Waals surface area (Å²) in [6.07, 6.45) is 3.44. The van der Waals surface area contributed by atoms with Crippen LogP contribution in [0.5, 0.6) is 0 Å². The van der Waals surface area contributed by atoms with E-state index in [2.05, 4.69) is 57.0 Å². The topological polar surface area (TPSA) is 36.4 Å². The van der Waals surface area contributed by atoms with Crippen LogP contribution in [0.3, 0.4) is 0 Å². The van der Waals surface area contributed by atoms with Crippen molar-refractivity contribution in [2.24, 2.45) is 0 Å². The molecule has 0 saturated carbocycles. The van der Waals surface area contributed by atoms with Gasteiger partial charge in [0.1, 0.15) is 0 Å². The van der Waals surface area contributed by atoms with Gasteiger partial charge in [0, 0.05) is 38.6 Å². The van der Waals surface area contributed by atoms with E-state index < -0.39 is 0 Å². The van der Waals surface area contributed by atoms with Crippen molar-refractivity contribution >= 4 is 17.2 Å². The molecule has 1 aromatic carbocycles. The quantitative estimate of drug-likeness (QED) is 0.690. The van der Waals surface area contributed by atoms with Gasteiger partial charge in [-0.2, -0.15) is 11.3 Å². The molecule has 0 spiro atoms. The number of carbonyl (C=O) groups excluding carboxylic acids is 1. The molecule has 4 nitrogen and oxygen atoms in total. The van der Waals surface area contributed by atoms with Crippen molar-refractivity contribution in [1.82, 2.24) is 14.8 Å². The predicted molar refractivity (Wildman–Crippen MR) is 109 cm³/mol. The lowest BCUT2D eigenvalue weighted by atomic mass is 9.98. The third-order valence-corrected chi connectivity index (χ3v) is 5.76. The normalized spacial score (nSPS) is 16.3. The lowest BCUT2D eigenvalue weighted by Crippen LogP contribution is -2.49. The van der Waals surface area contributed by atoms with Gasteiger partial charge in [0.2, 0.25) is 0 Å². The van der Waals surface area contributed by atoms with Gasteiger partial charge in [-0.25, -0.2) is 0 Å². The van der Waals surface area contributed by atoms with Gasteiger partial charge in [-0.3, -0.25) is 14.7 Å². The highest BCUT2D eigenvalue weighted by Crippen LogP contribution is 2.31. The second-order valence-electron chi connectivity index (χ2n) is 6.95. The minimum Gasteiger partial charge on any atom is -0.336 e. The summed E-state index contributed by atoms with van der Waals surface area (Å²) in [5, 5.41) is 4.36. The summed E-state index contributed by atoms with van der Waals surface area (Å²) in [5.74, 6) is 0.0812. The molecule has 138 valence electrons. The monoisotopic (exact) mass is 377 g/mol. The fourth-order valence-corrected chi connectivity index (χ4v) is 4.40. The van der Waals surface area contributed by atoms with E-state index in [9.17, 15) is 4.79 Å². The maximum absolute atomic E-state index is 12.8. The molecule has 0 radical (unpaired) electrons. The number of rotatable bonds is 4. The summed E-state index contributed by atoms with van der Waals surface area (Å²) >= 11 is 1.73. The van der Waals surface area contributed by atoms with Crippen LogP contribution < -0.4 is 0 Å². The van der Waals surface area contributed by atoms with Gasteiger partial charge < -0.3 is 4.90 Å². The molecular weight excluding hydrogens is 354 g/mol. The van der Waals surface area contributed by atoms with Crippen molar-refractivity contribution in [1.29, 1.82) is 0 Å². The second kappa shape index (κ2) is 8.03. The molecule has 4 rings (SSSR count). The van der Waals surface area contributed by atoms with Gasteiger partial charge in [-0.05, 0) is 46.5 Å². The van der Waals surface area contributed by atoms with Gasteiger partial charge in [0.25, 0.3) is 5.91 Å². The maximum Gasteiger partial charge on any atom is 0.255 e. The SMILES string of the molecule is Cc1cncc(C(=O)N2CCN(C(c3ccccc3)c3ccsc3)CC2)c1. The summed E-state index contributed by atoms with van der Waals surface area (Å²) in [6, 6.07) is 15.0. The van der Waals surface area contributed by atoms with Gasteiger partial charge in [0.15, 0.2) is 0 Å². The first kappa shape index (κ1) is 17.9. The number of aromatic nitrogens is 1. The smallest absolute Gasteiger partial charge is 0.255 e. The average molecular weight is 378 g/mol. The minimum atomic E-state index is 0.0812. The van der Waals surface area contributed by atoms with E-state index in [1.54, 1.807) is 23.7 Å². The highest BCUT2D eigenvalue weighted by Gasteiger charge is 2.28. The molecule has 1 aliphatic rings. The highest BCUT2D eigenvalue weighted by atomic mass is 32.1. The van der Waals surface area contributed by atoms with Crippen molar-refractivity contribution < 1.29 is 4.79 Å².